The number of rotatable bonds is 6. The van der Waals surface area contributed by atoms with Gasteiger partial charge in [0.2, 0.25) is 0 Å². The minimum absolute atomic E-state index is 0.123. The number of esters is 1. The molecule has 0 saturated heterocycles. The summed E-state index contributed by atoms with van der Waals surface area (Å²) in [4.78, 5) is 29.7. The van der Waals surface area contributed by atoms with E-state index in [2.05, 4.69) is 9.72 Å². The Morgan fingerprint density at radius 3 is 2.52 bits per heavy atom. The Hall–Kier alpha value is -2.40. The van der Waals surface area contributed by atoms with E-state index in [1.807, 2.05) is 12.1 Å². The molecule has 6 heteroatoms. The Bertz CT molecular complexity index is 677. The Balaban J connectivity index is 2.20. The first kappa shape index (κ1) is 17.0. The van der Waals surface area contributed by atoms with E-state index in [4.69, 9.17) is 11.6 Å². The zero-order valence-electron chi connectivity index (χ0n) is 12.7. The van der Waals surface area contributed by atoms with Crippen LogP contribution in [0.5, 0.6) is 0 Å². The summed E-state index contributed by atoms with van der Waals surface area (Å²) in [6, 6.07) is 10.5. The molecule has 1 aromatic carbocycles. The van der Waals surface area contributed by atoms with Gasteiger partial charge < -0.3 is 9.64 Å². The highest BCUT2D eigenvalue weighted by atomic mass is 35.5. The van der Waals surface area contributed by atoms with Crippen molar-refractivity contribution in [2.75, 3.05) is 13.7 Å². The monoisotopic (exact) mass is 332 g/mol. The van der Waals surface area contributed by atoms with Gasteiger partial charge in [0.25, 0.3) is 5.91 Å². The van der Waals surface area contributed by atoms with Crippen LogP contribution in [0, 0.1) is 0 Å². The van der Waals surface area contributed by atoms with Crippen LogP contribution in [0.1, 0.15) is 22.3 Å². The van der Waals surface area contributed by atoms with Crippen molar-refractivity contribution in [1.82, 2.24) is 9.88 Å². The van der Waals surface area contributed by atoms with E-state index in [9.17, 15) is 9.59 Å². The molecule has 2 rings (SSSR count). The molecule has 0 bridgehead atoms. The van der Waals surface area contributed by atoms with Crippen molar-refractivity contribution < 1.29 is 14.3 Å². The molecular formula is C17H17ClN2O3. The molecular weight excluding hydrogens is 316 g/mol. The average Bonchev–Trinajstić information content (AvgIpc) is 2.59. The first-order valence-corrected chi connectivity index (χ1v) is 7.49. The summed E-state index contributed by atoms with van der Waals surface area (Å²) in [7, 11) is 1.32. The van der Waals surface area contributed by atoms with Crippen LogP contribution in [-0.2, 0) is 16.1 Å². The second-order valence-electron chi connectivity index (χ2n) is 4.89. The fourth-order valence-corrected chi connectivity index (χ4v) is 2.31. The van der Waals surface area contributed by atoms with Crippen molar-refractivity contribution in [3.63, 3.8) is 0 Å². The zero-order chi connectivity index (χ0) is 16.7. The Kier molecular flexibility index (Phi) is 6.11. The number of methoxy groups -OCH3 is 1. The number of pyridine rings is 1. The van der Waals surface area contributed by atoms with Gasteiger partial charge in [0.05, 0.1) is 24.1 Å². The average molecular weight is 333 g/mol. The van der Waals surface area contributed by atoms with Gasteiger partial charge in [-0.25, -0.2) is 0 Å². The topological polar surface area (TPSA) is 59.5 Å². The van der Waals surface area contributed by atoms with Crippen molar-refractivity contribution in [1.29, 1.82) is 0 Å². The molecule has 0 atom stereocenters. The van der Waals surface area contributed by atoms with Crippen molar-refractivity contribution in [3.8, 4) is 0 Å². The lowest BCUT2D eigenvalue weighted by Gasteiger charge is -2.23. The van der Waals surface area contributed by atoms with E-state index in [0.29, 0.717) is 17.1 Å². The van der Waals surface area contributed by atoms with E-state index in [0.717, 1.165) is 5.56 Å². The van der Waals surface area contributed by atoms with Gasteiger partial charge in [-0.2, -0.15) is 0 Å². The molecule has 0 spiro atoms. The Morgan fingerprint density at radius 1 is 1.17 bits per heavy atom. The SMILES string of the molecule is COC(=O)CCN(Cc1ccncc1)C(=O)c1ccccc1Cl. The first-order chi connectivity index (χ1) is 11.1. The molecule has 0 aliphatic rings. The number of nitrogens with zero attached hydrogens (tertiary/aromatic N) is 2. The van der Waals surface area contributed by atoms with Crippen LogP contribution in [0.15, 0.2) is 48.8 Å². The number of aromatic nitrogens is 1. The molecule has 1 amide bonds. The zero-order valence-corrected chi connectivity index (χ0v) is 13.5. The summed E-state index contributed by atoms with van der Waals surface area (Å²) in [5.74, 6) is -0.590. The standard InChI is InChI=1S/C17H17ClN2O3/c1-23-16(21)8-11-20(12-13-6-9-19-10-7-13)17(22)14-4-2-3-5-15(14)18/h2-7,9-10H,8,11-12H2,1H3. The molecule has 120 valence electrons. The number of carbonyl (C=O) groups excluding carboxylic acids is 2. The summed E-state index contributed by atoms with van der Waals surface area (Å²) in [6.07, 6.45) is 3.44. The van der Waals surface area contributed by atoms with E-state index in [1.165, 1.54) is 7.11 Å². The molecule has 23 heavy (non-hydrogen) atoms. The van der Waals surface area contributed by atoms with Crippen LogP contribution in [-0.4, -0.2) is 35.4 Å². The molecule has 2 aromatic rings. The highest BCUT2D eigenvalue weighted by molar-refractivity contribution is 6.33. The summed E-state index contributed by atoms with van der Waals surface area (Å²) < 4.78 is 4.65. The van der Waals surface area contributed by atoms with Crippen molar-refractivity contribution in [2.24, 2.45) is 0 Å². The van der Waals surface area contributed by atoms with Crippen LogP contribution >= 0.6 is 11.6 Å². The van der Waals surface area contributed by atoms with Crippen LogP contribution in [0.2, 0.25) is 5.02 Å². The van der Waals surface area contributed by atoms with Gasteiger partial charge in [-0.1, -0.05) is 23.7 Å². The van der Waals surface area contributed by atoms with Gasteiger partial charge in [0.15, 0.2) is 0 Å². The molecule has 0 unspecified atom stereocenters. The molecule has 5 nitrogen and oxygen atoms in total. The number of amides is 1. The fraction of sp³-hybridized carbons (Fsp3) is 0.235. The quantitative estimate of drug-likeness (QED) is 0.763. The molecule has 0 saturated carbocycles. The molecule has 0 aliphatic carbocycles. The molecule has 1 aromatic heterocycles. The number of hydrogen-bond donors (Lipinski definition) is 0. The second-order valence-corrected chi connectivity index (χ2v) is 5.30. The highest BCUT2D eigenvalue weighted by Gasteiger charge is 2.19. The van der Waals surface area contributed by atoms with Crippen molar-refractivity contribution in [3.05, 3.63) is 64.9 Å². The molecule has 0 aliphatic heterocycles. The summed E-state index contributed by atoms with van der Waals surface area (Å²) >= 11 is 6.11. The molecule has 1 heterocycles. The smallest absolute Gasteiger partial charge is 0.307 e. The summed E-state index contributed by atoms with van der Waals surface area (Å²) in [5, 5.41) is 0.385. The van der Waals surface area contributed by atoms with E-state index < -0.39 is 0 Å². The van der Waals surface area contributed by atoms with Crippen LogP contribution < -0.4 is 0 Å². The summed E-state index contributed by atoms with van der Waals surface area (Å²) in [6.45, 7) is 0.614. The minimum Gasteiger partial charge on any atom is -0.469 e. The van der Waals surface area contributed by atoms with Crippen LogP contribution in [0.25, 0.3) is 0 Å². The van der Waals surface area contributed by atoms with Crippen LogP contribution in [0.3, 0.4) is 0 Å². The maximum Gasteiger partial charge on any atom is 0.307 e. The van der Waals surface area contributed by atoms with E-state index >= 15 is 0 Å². The van der Waals surface area contributed by atoms with Gasteiger partial charge in [-0.3, -0.25) is 14.6 Å². The minimum atomic E-state index is -0.364. The van der Waals surface area contributed by atoms with Crippen molar-refractivity contribution in [2.45, 2.75) is 13.0 Å². The maximum atomic E-state index is 12.7. The predicted octanol–water partition coefficient (Wildman–Crippen LogP) is 2.94. The lowest BCUT2D eigenvalue weighted by Crippen LogP contribution is -2.33. The first-order valence-electron chi connectivity index (χ1n) is 7.11. The number of carbonyl (C=O) groups is 2. The van der Waals surface area contributed by atoms with Gasteiger partial charge in [0, 0.05) is 25.5 Å². The van der Waals surface area contributed by atoms with Crippen LogP contribution in [0.4, 0.5) is 0 Å². The largest absolute Gasteiger partial charge is 0.469 e. The second kappa shape index (κ2) is 8.29. The third-order valence-electron chi connectivity index (χ3n) is 3.33. The van der Waals surface area contributed by atoms with Crippen molar-refractivity contribution >= 4 is 23.5 Å². The van der Waals surface area contributed by atoms with Gasteiger partial charge in [-0.15, -0.1) is 0 Å². The summed E-state index contributed by atoms with van der Waals surface area (Å²) in [5.41, 5.74) is 1.33. The number of benzene rings is 1. The Morgan fingerprint density at radius 2 is 1.87 bits per heavy atom. The number of hydrogen-bond acceptors (Lipinski definition) is 4. The molecule has 0 radical (unpaired) electrons. The highest BCUT2D eigenvalue weighted by Crippen LogP contribution is 2.18. The third-order valence-corrected chi connectivity index (χ3v) is 3.66. The van der Waals surface area contributed by atoms with E-state index in [1.54, 1.807) is 41.6 Å². The predicted molar refractivity (Wildman–Crippen MR) is 87.1 cm³/mol. The molecule has 0 N–H and O–H groups in total. The normalized spacial score (nSPS) is 10.2. The third kappa shape index (κ3) is 4.79. The van der Waals surface area contributed by atoms with Gasteiger partial charge in [-0.05, 0) is 29.8 Å². The van der Waals surface area contributed by atoms with E-state index in [-0.39, 0.29) is 24.8 Å². The van der Waals surface area contributed by atoms with Gasteiger partial charge in [0.1, 0.15) is 0 Å². The molecule has 0 fully saturated rings. The lowest BCUT2D eigenvalue weighted by atomic mass is 10.1. The Labute approximate surface area is 139 Å². The lowest BCUT2D eigenvalue weighted by molar-refractivity contribution is -0.140. The van der Waals surface area contributed by atoms with Gasteiger partial charge >= 0.3 is 5.97 Å². The fourth-order valence-electron chi connectivity index (χ4n) is 2.09. The maximum absolute atomic E-state index is 12.7. The number of halogens is 1. The number of ether oxygens (including phenoxy) is 1.